The van der Waals surface area contributed by atoms with Gasteiger partial charge in [-0.1, -0.05) is 43.6 Å². The number of anilines is 1. The van der Waals surface area contributed by atoms with Crippen LogP contribution in [0.15, 0.2) is 53.3 Å². The number of rotatable bonds is 12. The van der Waals surface area contributed by atoms with Crippen molar-refractivity contribution in [3.63, 3.8) is 0 Å². The molecule has 0 saturated heterocycles. The molecule has 2 aromatic carbocycles. The van der Waals surface area contributed by atoms with Crippen LogP contribution in [0.2, 0.25) is 5.02 Å². The van der Waals surface area contributed by atoms with Crippen LogP contribution >= 0.6 is 11.6 Å². The molecule has 3 rings (SSSR count). The van der Waals surface area contributed by atoms with Crippen LogP contribution in [0.1, 0.15) is 49.2 Å². The molecule has 9 heteroatoms. The van der Waals surface area contributed by atoms with E-state index in [2.05, 4.69) is 5.32 Å². The van der Waals surface area contributed by atoms with Gasteiger partial charge in [0.2, 0.25) is 5.91 Å². The fourth-order valence-corrected chi connectivity index (χ4v) is 4.61. The number of nitrogens with one attached hydrogen (secondary N) is 1. The number of nitrogens with zero attached hydrogens (tertiary/aromatic N) is 3. The number of ether oxygens (including phenoxy) is 1. The highest BCUT2D eigenvalue weighted by atomic mass is 35.5. The number of Topliss-reactive ketones (excluding diaryl/α,β-unsaturated/α-hetero) is 1. The molecule has 38 heavy (non-hydrogen) atoms. The minimum atomic E-state index is -0.484. The molecule has 0 unspecified atom stereocenters. The molecule has 1 N–H and O–H groups in total. The van der Waals surface area contributed by atoms with Crippen LogP contribution in [0.25, 0.3) is 5.69 Å². The third kappa shape index (κ3) is 7.14. The fraction of sp³-hybridized carbons (Fsp3) is 0.414. The van der Waals surface area contributed by atoms with E-state index >= 15 is 0 Å². The Bertz CT molecular complexity index is 1340. The molecule has 0 aliphatic heterocycles. The van der Waals surface area contributed by atoms with Crippen LogP contribution in [0.4, 0.5) is 5.69 Å². The Morgan fingerprint density at radius 2 is 1.79 bits per heavy atom. The van der Waals surface area contributed by atoms with Crippen molar-refractivity contribution in [1.29, 1.82) is 0 Å². The number of carbonyl (C=O) groups is 2. The van der Waals surface area contributed by atoms with Crippen LogP contribution in [0.5, 0.6) is 5.75 Å². The van der Waals surface area contributed by atoms with E-state index in [1.807, 2.05) is 70.2 Å². The Labute approximate surface area is 229 Å². The van der Waals surface area contributed by atoms with E-state index < -0.39 is 5.41 Å². The summed E-state index contributed by atoms with van der Waals surface area (Å²) in [5.74, 6) is 0.105. The zero-order valence-corrected chi connectivity index (χ0v) is 23.8. The number of halogens is 1. The number of para-hydroxylation sites is 1. The number of amides is 1. The van der Waals surface area contributed by atoms with E-state index in [-0.39, 0.29) is 30.1 Å². The lowest BCUT2D eigenvalue weighted by atomic mass is 9.82. The normalized spacial score (nSPS) is 11.6. The van der Waals surface area contributed by atoms with Crippen molar-refractivity contribution in [2.24, 2.45) is 12.5 Å². The Balaban J connectivity index is 1.77. The Hall–Kier alpha value is -3.36. The molecule has 0 saturated carbocycles. The number of aromatic nitrogens is 2. The molecule has 204 valence electrons. The highest BCUT2D eigenvalue weighted by Crippen LogP contribution is 2.31. The monoisotopic (exact) mass is 540 g/mol. The Morgan fingerprint density at radius 3 is 2.42 bits per heavy atom. The van der Waals surface area contributed by atoms with Crippen molar-refractivity contribution >= 4 is 29.0 Å². The van der Waals surface area contributed by atoms with Gasteiger partial charge in [0.25, 0.3) is 5.56 Å². The first kappa shape index (κ1) is 29.2. The smallest absolute Gasteiger partial charge is 0.295 e. The van der Waals surface area contributed by atoms with Gasteiger partial charge in [0.05, 0.1) is 24.1 Å². The molecule has 0 aliphatic carbocycles. The number of methoxy groups -OCH3 is 1. The molecular formula is C29H37ClN4O4. The zero-order chi connectivity index (χ0) is 28.0. The highest BCUT2D eigenvalue weighted by molar-refractivity contribution is 6.31. The number of hydrogen-bond donors (Lipinski definition) is 1. The lowest BCUT2D eigenvalue weighted by Crippen LogP contribution is -2.26. The summed E-state index contributed by atoms with van der Waals surface area (Å²) < 4.78 is 8.68. The van der Waals surface area contributed by atoms with Crippen molar-refractivity contribution in [3.05, 3.63) is 75.2 Å². The summed E-state index contributed by atoms with van der Waals surface area (Å²) in [6.07, 6.45) is 1.45. The Morgan fingerprint density at radius 1 is 1.11 bits per heavy atom. The summed E-state index contributed by atoms with van der Waals surface area (Å²) in [7, 11) is 7.27. The number of carbonyl (C=O) groups excluding carboxylic acids is 2. The molecular weight excluding hydrogens is 504 g/mol. The molecule has 1 heterocycles. The minimum Gasteiger partial charge on any atom is -0.496 e. The summed E-state index contributed by atoms with van der Waals surface area (Å²) in [6, 6.07) is 14.3. The number of likely N-dealkylation sites (N-methyl/N-ethyl adjacent to an activating group) is 1. The van der Waals surface area contributed by atoms with Gasteiger partial charge in [-0.3, -0.25) is 19.1 Å². The van der Waals surface area contributed by atoms with Crippen LogP contribution in [0.3, 0.4) is 0 Å². The van der Waals surface area contributed by atoms with Crippen LogP contribution in [-0.2, 0) is 18.3 Å². The molecule has 3 aromatic rings. The average molecular weight is 541 g/mol. The van der Waals surface area contributed by atoms with Crippen LogP contribution in [0, 0.1) is 5.41 Å². The van der Waals surface area contributed by atoms with Gasteiger partial charge in [-0.05, 0) is 56.3 Å². The van der Waals surface area contributed by atoms with Gasteiger partial charge < -0.3 is 15.0 Å². The van der Waals surface area contributed by atoms with Gasteiger partial charge in [0, 0.05) is 37.9 Å². The van der Waals surface area contributed by atoms with Gasteiger partial charge in [0.15, 0.2) is 5.78 Å². The molecule has 0 aliphatic rings. The van der Waals surface area contributed by atoms with E-state index in [9.17, 15) is 14.4 Å². The van der Waals surface area contributed by atoms with E-state index in [0.29, 0.717) is 34.9 Å². The average Bonchev–Trinajstić information content (AvgIpc) is 3.09. The van der Waals surface area contributed by atoms with E-state index in [1.165, 1.54) is 7.11 Å². The maximum atomic E-state index is 13.5. The quantitative estimate of drug-likeness (QED) is 0.328. The zero-order valence-electron chi connectivity index (χ0n) is 23.0. The van der Waals surface area contributed by atoms with E-state index in [0.717, 1.165) is 17.9 Å². The molecule has 8 nitrogen and oxygen atoms in total. The van der Waals surface area contributed by atoms with E-state index in [4.69, 9.17) is 16.3 Å². The van der Waals surface area contributed by atoms with Crippen LogP contribution < -0.4 is 15.6 Å². The maximum absolute atomic E-state index is 13.5. The third-order valence-electron chi connectivity index (χ3n) is 6.58. The molecule has 1 amide bonds. The second-order valence-corrected chi connectivity index (χ2v) is 10.9. The topological polar surface area (TPSA) is 85.6 Å². The first-order valence-electron chi connectivity index (χ1n) is 12.6. The number of benzene rings is 2. The first-order valence-corrected chi connectivity index (χ1v) is 13.0. The van der Waals surface area contributed by atoms with Crippen molar-refractivity contribution in [3.8, 4) is 11.4 Å². The van der Waals surface area contributed by atoms with Crippen molar-refractivity contribution in [1.82, 2.24) is 14.3 Å². The molecule has 0 spiro atoms. The minimum absolute atomic E-state index is 0.0994. The first-order chi connectivity index (χ1) is 17.9. The largest absolute Gasteiger partial charge is 0.496 e. The fourth-order valence-electron chi connectivity index (χ4n) is 4.44. The van der Waals surface area contributed by atoms with Gasteiger partial charge in [-0.15, -0.1) is 0 Å². The number of hydrogen-bond acceptors (Lipinski definition) is 5. The Kier molecular flexibility index (Phi) is 9.57. The van der Waals surface area contributed by atoms with Crippen LogP contribution in [-0.4, -0.2) is 53.7 Å². The van der Waals surface area contributed by atoms with Gasteiger partial charge in [-0.2, -0.15) is 0 Å². The van der Waals surface area contributed by atoms with Gasteiger partial charge in [0.1, 0.15) is 11.4 Å². The highest BCUT2D eigenvalue weighted by Gasteiger charge is 2.27. The third-order valence-corrected chi connectivity index (χ3v) is 6.81. The summed E-state index contributed by atoms with van der Waals surface area (Å²) in [6.45, 7) is 4.60. The van der Waals surface area contributed by atoms with Gasteiger partial charge >= 0.3 is 0 Å². The lowest BCUT2D eigenvalue weighted by molar-refractivity contribution is -0.118. The summed E-state index contributed by atoms with van der Waals surface area (Å²) >= 11 is 6.08. The SMILES string of the molecule is COc1ccc(Cl)cc1C(=O)CCC(C)(C)CC(=O)Nc1c(CCN(C)C)n(C)n(-c2ccccc2)c1=O. The van der Waals surface area contributed by atoms with Crippen molar-refractivity contribution in [2.45, 2.75) is 39.5 Å². The predicted octanol–water partition coefficient (Wildman–Crippen LogP) is 4.96. The van der Waals surface area contributed by atoms with E-state index in [1.54, 1.807) is 27.6 Å². The van der Waals surface area contributed by atoms with Crippen molar-refractivity contribution in [2.75, 3.05) is 33.1 Å². The number of ketones is 1. The predicted molar refractivity (Wildman–Crippen MR) is 152 cm³/mol. The summed E-state index contributed by atoms with van der Waals surface area (Å²) in [4.78, 5) is 41.6. The summed E-state index contributed by atoms with van der Waals surface area (Å²) in [5, 5.41) is 3.36. The molecule has 0 atom stereocenters. The maximum Gasteiger partial charge on any atom is 0.295 e. The molecule has 0 bridgehead atoms. The molecule has 1 aromatic heterocycles. The molecule has 0 radical (unpaired) electrons. The molecule has 0 fully saturated rings. The second kappa shape index (κ2) is 12.5. The second-order valence-electron chi connectivity index (χ2n) is 10.5. The van der Waals surface area contributed by atoms with Crippen molar-refractivity contribution < 1.29 is 14.3 Å². The standard InChI is InChI=1S/C29H37ClN4O4/c1-29(2,16-14-24(35)22-18-20(30)12-13-25(22)38-6)19-26(36)31-27-23(15-17-32(3)4)33(5)34(28(27)37)21-10-8-7-9-11-21/h7-13,18H,14-17,19H2,1-6H3,(H,31,36). The van der Waals surface area contributed by atoms with Gasteiger partial charge in [-0.25, -0.2) is 4.68 Å². The summed E-state index contributed by atoms with van der Waals surface area (Å²) in [5.41, 5.74) is 1.43. The lowest BCUT2D eigenvalue weighted by Gasteiger charge is -2.23.